The zero-order valence-electron chi connectivity index (χ0n) is 17.6. The number of allylic oxidation sites excluding steroid dienone is 1. The fourth-order valence-corrected chi connectivity index (χ4v) is 4.60. The number of aliphatic hydroxyl groups excluding tert-OH is 2. The first-order valence-electron chi connectivity index (χ1n) is 11.3. The minimum Gasteiger partial charge on any atom is -0.513 e. The molecule has 1 aromatic carbocycles. The fraction of sp³-hybridized carbons (Fsp3) is 0.680. The van der Waals surface area contributed by atoms with E-state index in [0.717, 1.165) is 69.8 Å². The first-order chi connectivity index (χ1) is 13.5. The molecule has 1 fully saturated rings. The smallest absolute Gasteiger partial charge is 0.104 e. The number of unbranched alkanes of at least 4 members (excludes halogenated alkanes) is 5. The second kappa shape index (κ2) is 12.3. The van der Waals surface area contributed by atoms with Gasteiger partial charge in [-0.3, -0.25) is 0 Å². The molecule has 2 N–H and O–H groups in total. The molecule has 158 valence electrons. The van der Waals surface area contributed by atoms with Crippen LogP contribution in [0.4, 0.5) is 4.39 Å². The molecule has 0 aliphatic heterocycles. The molecule has 3 heteroatoms. The lowest BCUT2D eigenvalue weighted by Gasteiger charge is -2.22. The summed E-state index contributed by atoms with van der Waals surface area (Å²) < 4.78 is 14.5. The van der Waals surface area contributed by atoms with Gasteiger partial charge in [-0.2, -0.15) is 0 Å². The lowest BCUT2D eigenvalue weighted by atomic mass is 9.84. The van der Waals surface area contributed by atoms with E-state index in [4.69, 9.17) is 5.11 Å². The Morgan fingerprint density at radius 2 is 1.79 bits per heavy atom. The molecule has 4 atom stereocenters. The van der Waals surface area contributed by atoms with Gasteiger partial charge in [0.2, 0.25) is 0 Å². The van der Waals surface area contributed by atoms with E-state index in [1.165, 1.54) is 5.56 Å². The second-order valence-corrected chi connectivity index (χ2v) is 8.56. The average molecular weight is 391 g/mol. The summed E-state index contributed by atoms with van der Waals surface area (Å²) >= 11 is 0. The highest BCUT2D eigenvalue weighted by atomic mass is 19.1. The highest BCUT2D eigenvalue weighted by molar-refractivity contribution is 5.28. The van der Waals surface area contributed by atoms with E-state index in [-0.39, 0.29) is 17.8 Å². The Morgan fingerprint density at radius 3 is 2.46 bits per heavy atom. The number of hydrogen-bond donors (Lipinski definition) is 2. The van der Waals surface area contributed by atoms with Gasteiger partial charge in [0.25, 0.3) is 0 Å². The first-order valence-corrected chi connectivity index (χ1v) is 11.3. The van der Waals surface area contributed by atoms with Crippen LogP contribution in [0.3, 0.4) is 0 Å². The SMILES string of the molecule is C=C(O)CCCCCC[C@H]1C(F)CC[C@@H]1c1ccc(C(O)CCCCC)cc1. The first kappa shape index (κ1) is 22.9. The van der Waals surface area contributed by atoms with Gasteiger partial charge in [-0.15, -0.1) is 0 Å². The Balaban J connectivity index is 1.83. The van der Waals surface area contributed by atoms with Crippen LogP contribution in [-0.2, 0) is 0 Å². The molecule has 0 saturated heterocycles. The molecule has 0 bridgehead atoms. The van der Waals surface area contributed by atoms with Crippen molar-refractivity contribution >= 4 is 0 Å². The van der Waals surface area contributed by atoms with Crippen LogP contribution in [0.5, 0.6) is 0 Å². The number of hydrogen-bond acceptors (Lipinski definition) is 2. The zero-order valence-corrected chi connectivity index (χ0v) is 17.6. The van der Waals surface area contributed by atoms with Gasteiger partial charge in [0.05, 0.1) is 11.9 Å². The van der Waals surface area contributed by atoms with Crippen LogP contribution in [0.1, 0.15) is 107 Å². The normalized spacial score (nSPS) is 23.0. The average Bonchev–Trinajstić information content (AvgIpc) is 3.05. The van der Waals surface area contributed by atoms with E-state index in [0.29, 0.717) is 18.8 Å². The minimum absolute atomic E-state index is 0.119. The number of halogens is 1. The predicted octanol–water partition coefficient (Wildman–Crippen LogP) is 7.54. The Morgan fingerprint density at radius 1 is 1.07 bits per heavy atom. The summed E-state index contributed by atoms with van der Waals surface area (Å²) in [6, 6.07) is 8.30. The van der Waals surface area contributed by atoms with Crippen LogP contribution in [-0.4, -0.2) is 16.4 Å². The summed E-state index contributed by atoms with van der Waals surface area (Å²) in [5, 5.41) is 19.5. The van der Waals surface area contributed by atoms with Gasteiger partial charge in [0, 0.05) is 6.42 Å². The van der Waals surface area contributed by atoms with E-state index in [1.54, 1.807) is 0 Å². The molecule has 2 unspecified atom stereocenters. The summed E-state index contributed by atoms with van der Waals surface area (Å²) in [5.74, 6) is 0.685. The summed E-state index contributed by atoms with van der Waals surface area (Å²) in [4.78, 5) is 0. The molecular weight excluding hydrogens is 351 g/mol. The molecule has 28 heavy (non-hydrogen) atoms. The number of alkyl halides is 1. The Kier molecular flexibility index (Phi) is 10.0. The number of benzene rings is 1. The van der Waals surface area contributed by atoms with Crippen molar-refractivity contribution in [3.63, 3.8) is 0 Å². The summed E-state index contributed by atoms with van der Waals surface area (Å²) in [6.07, 6.45) is 10.5. The lowest BCUT2D eigenvalue weighted by molar-refractivity contribution is 0.163. The van der Waals surface area contributed by atoms with Crippen LogP contribution in [0.2, 0.25) is 0 Å². The molecule has 2 rings (SSSR count). The van der Waals surface area contributed by atoms with Gasteiger partial charge in [0.15, 0.2) is 0 Å². The van der Waals surface area contributed by atoms with Crippen molar-refractivity contribution in [2.75, 3.05) is 0 Å². The third kappa shape index (κ3) is 7.24. The predicted molar refractivity (Wildman–Crippen MR) is 115 cm³/mol. The van der Waals surface area contributed by atoms with Crippen LogP contribution < -0.4 is 0 Å². The summed E-state index contributed by atoms with van der Waals surface area (Å²) in [7, 11) is 0. The maximum absolute atomic E-state index is 14.5. The van der Waals surface area contributed by atoms with E-state index >= 15 is 0 Å². The lowest BCUT2D eigenvalue weighted by Crippen LogP contribution is -2.15. The highest BCUT2D eigenvalue weighted by Crippen LogP contribution is 2.44. The van der Waals surface area contributed by atoms with Crippen molar-refractivity contribution in [2.24, 2.45) is 5.92 Å². The Hall–Kier alpha value is -1.35. The van der Waals surface area contributed by atoms with E-state index in [2.05, 4.69) is 25.6 Å². The molecule has 0 amide bonds. The molecule has 0 spiro atoms. The largest absolute Gasteiger partial charge is 0.513 e. The van der Waals surface area contributed by atoms with E-state index in [1.807, 2.05) is 12.1 Å². The molecule has 2 nitrogen and oxygen atoms in total. The molecule has 1 aliphatic carbocycles. The van der Waals surface area contributed by atoms with Gasteiger partial charge >= 0.3 is 0 Å². The van der Waals surface area contributed by atoms with Crippen LogP contribution in [0, 0.1) is 5.92 Å². The minimum atomic E-state index is -0.693. The van der Waals surface area contributed by atoms with Crippen LogP contribution >= 0.6 is 0 Å². The molecule has 0 radical (unpaired) electrons. The van der Waals surface area contributed by atoms with Crippen molar-refractivity contribution in [1.29, 1.82) is 0 Å². The Labute approximate surface area is 170 Å². The fourth-order valence-electron chi connectivity index (χ4n) is 4.60. The molecule has 1 saturated carbocycles. The standard InChI is InChI=1S/C25H39FO2/c1-3-4-7-12-25(28)21-15-13-20(14-16-21)22-17-18-24(26)23(22)11-9-6-5-8-10-19(2)27/h13-16,22-25,27-28H,2-12,17-18H2,1H3/t22-,23-,24?,25?/m1/s1. The zero-order chi connectivity index (χ0) is 20.4. The maximum atomic E-state index is 14.5. The number of aliphatic hydroxyl groups is 2. The maximum Gasteiger partial charge on any atom is 0.104 e. The van der Waals surface area contributed by atoms with Crippen molar-refractivity contribution in [3.05, 3.63) is 47.7 Å². The Bertz CT molecular complexity index is 568. The second-order valence-electron chi connectivity index (χ2n) is 8.56. The van der Waals surface area contributed by atoms with Crippen molar-refractivity contribution in [2.45, 2.75) is 102 Å². The number of rotatable bonds is 13. The third-order valence-corrected chi connectivity index (χ3v) is 6.32. The van der Waals surface area contributed by atoms with E-state index < -0.39 is 6.17 Å². The van der Waals surface area contributed by atoms with Gasteiger partial charge in [0.1, 0.15) is 6.17 Å². The third-order valence-electron chi connectivity index (χ3n) is 6.32. The van der Waals surface area contributed by atoms with Crippen molar-refractivity contribution < 1.29 is 14.6 Å². The monoisotopic (exact) mass is 390 g/mol. The molecule has 1 aromatic rings. The molecule has 0 heterocycles. The van der Waals surface area contributed by atoms with Crippen LogP contribution in [0.25, 0.3) is 0 Å². The van der Waals surface area contributed by atoms with Crippen LogP contribution in [0.15, 0.2) is 36.6 Å². The van der Waals surface area contributed by atoms with Crippen molar-refractivity contribution in [1.82, 2.24) is 0 Å². The van der Waals surface area contributed by atoms with Gasteiger partial charge < -0.3 is 10.2 Å². The van der Waals surface area contributed by atoms with Gasteiger partial charge in [-0.25, -0.2) is 4.39 Å². The van der Waals surface area contributed by atoms with Gasteiger partial charge in [-0.05, 0) is 55.1 Å². The summed E-state index contributed by atoms with van der Waals surface area (Å²) in [6.45, 7) is 5.69. The van der Waals surface area contributed by atoms with Gasteiger partial charge in [-0.1, -0.05) is 76.3 Å². The molecular formula is C25H39FO2. The quantitative estimate of drug-likeness (QED) is 0.270. The summed E-state index contributed by atoms with van der Waals surface area (Å²) in [5.41, 5.74) is 2.21. The topological polar surface area (TPSA) is 40.5 Å². The molecule has 0 aromatic heterocycles. The highest BCUT2D eigenvalue weighted by Gasteiger charge is 2.36. The van der Waals surface area contributed by atoms with E-state index in [9.17, 15) is 9.50 Å². The molecule has 1 aliphatic rings. The van der Waals surface area contributed by atoms with Crippen molar-refractivity contribution in [3.8, 4) is 0 Å².